The summed E-state index contributed by atoms with van der Waals surface area (Å²) in [6, 6.07) is 11.6. The lowest BCUT2D eigenvalue weighted by Crippen LogP contribution is -2.26. The molecule has 1 aliphatic rings. The van der Waals surface area contributed by atoms with Crippen molar-refractivity contribution in [3.8, 4) is 5.75 Å². The predicted octanol–water partition coefficient (Wildman–Crippen LogP) is 2.24. The molecule has 20 heavy (non-hydrogen) atoms. The monoisotopic (exact) mass is 270 g/mol. The van der Waals surface area contributed by atoms with E-state index in [0.29, 0.717) is 13.0 Å². The molecule has 0 aliphatic carbocycles. The number of ether oxygens (including phenoxy) is 1. The molecule has 0 unspecified atom stereocenters. The Labute approximate surface area is 118 Å². The topological polar surface area (TPSA) is 43.3 Å². The third kappa shape index (κ3) is 2.75. The number of fused-ring (bicyclic) bond motifs is 1. The van der Waals surface area contributed by atoms with E-state index >= 15 is 0 Å². The number of hydrogen-bond donors (Lipinski definition) is 1. The summed E-state index contributed by atoms with van der Waals surface area (Å²) < 4.78 is 7.35. The van der Waals surface area contributed by atoms with Crippen LogP contribution in [0.2, 0.25) is 0 Å². The second kappa shape index (κ2) is 5.92. The second-order valence-corrected chi connectivity index (χ2v) is 4.89. The predicted molar refractivity (Wildman–Crippen MR) is 77.0 cm³/mol. The molecule has 1 aromatic carbocycles. The summed E-state index contributed by atoms with van der Waals surface area (Å²) >= 11 is 0. The first-order valence-corrected chi connectivity index (χ1v) is 6.95. The van der Waals surface area contributed by atoms with Crippen LogP contribution < -0.4 is 10.1 Å². The maximum Gasteiger partial charge on any atom is 0.234 e. The van der Waals surface area contributed by atoms with E-state index in [-0.39, 0.29) is 5.91 Å². The standard InChI is InChI=1S/C16H18N2O2/c19-16(8-11-20-14-4-2-1-3-5-14)18-10-7-13-12-17-9-6-15(13)18/h1-5,7,10,17H,6,8-9,11-12H2. The molecule has 0 bridgehead atoms. The van der Waals surface area contributed by atoms with Crippen molar-refractivity contribution < 1.29 is 9.53 Å². The van der Waals surface area contributed by atoms with Crippen LogP contribution in [0.15, 0.2) is 42.6 Å². The van der Waals surface area contributed by atoms with Crippen molar-refractivity contribution in [2.24, 2.45) is 0 Å². The van der Waals surface area contributed by atoms with E-state index in [2.05, 4.69) is 5.32 Å². The van der Waals surface area contributed by atoms with Crippen molar-refractivity contribution in [2.75, 3.05) is 13.2 Å². The lowest BCUT2D eigenvalue weighted by molar-refractivity contribution is 0.0878. The third-order valence-electron chi connectivity index (χ3n) is 3.54. The zero-order chi connectivity index (χ0) is 13.8. The number of para-hydroxylation sites is 1. The fourth-order valence-electron chi connectivity index (χ4n) is 2.50. The molecule has 104 valence electrons. The van der Waals surface area contributed by atoms with E-state index < -0.39 is 0 Å². The second-order valence-electron chi connectivity index (χ2n) is 4.89. The molecule has 0 radical (unpaired) electrons. The summed E-state index contributed by atoms with van der Waals surface area (Å²) in [7, 11) is 0. The maximum absolute atomic E-state index is 12.2. The van der Waals surface area contributed by atoms with Gasteiger partial charge in [0.2, 0.25) is 5.91 Å². The molecular formula is C16H18N2O2. The van der Waals surface area contributed by atoms with Crippen LogP contribution in [0.4, 0.5) is 0 Å². The molecule has 4 nitrogen and oxygen atoms in total. The van der Waals surface area contributed by atoms with E-state index in [0.717, 1.165) is 31.0 Å². The minimum atomic E-state index is 0.101. The van der Waals surface area contributed by atoms with Crippen molar-refractivity contribution in [2.45, 2.75) is 19.4 Å². The molecule has 1 N–H and O–H groups in total. The highest BCUT2D eigenvalue weighted by molar-refractivity contribution is 5.80. The summed E-state index contributed by atoms with van der Waals surface area (Å²) in [5, 5.41) is 3.31. The zero-order valence-corrected chi connectivity index (χ0v) is 11.3. The van der Waals surface area contributed by atoms with Gasteiger partial charge in [-0.2, -0.15) is 0 Å². The minimum absolute atomic E-state index is 0.101. The Morgan fingerprint density at radius 2 is 2.10 bits per heavy atom. The number of benzene rings is 1. The smallest absolute Gasteiger partial charge is 0.234 e. The number of carbonyl (C=O) groups excluding carboxylic acids is 1. The highest BCUT2D eigenvalue weighted by Gasteiger charge is 2.16. The van der Waals surface area contributed by atoms with Crippen LogP contribution in [-0.2, 0) is 13.0 Å². The van der Waals surface area contributed by atoms with Gasteiger partial charge in [0.25, 0.3) is 0 Å². The fourth-order valence-corrected chi connectivity index (χ4v) is 2.50. The average molecular weight is 270 g/mol. The Hall–Kier alpha value is -2.07. The van der Waals surface area contributed by atoms with Gasteiger partial charge in [0.15, 0.2) is 0 Å². The van der Waals surface area contributed by atoms with Gasteiger partial charge in [0, 0.05) is 31.4 Å². The molecule has 0 amide bonds. The van der Waals surface area contributed by atoms with Gasteiger partial charge in [0.05, 0.1) is 13.0 Å². The quantitative estimate of drug-likeness (QED) is 0.926. The number of carbonyl (C=O) groups is 1. The van der Waals surface area contributed by atoms with Crippen LogP contribution in [0.5, 0.6) is 5.75 Å². The summed E-state index contributed by atoms with van der Waals surface area (Å²) in [6.07, 6.45) is 3.18. The number of hydrogen-bond acceptors (Lipinski definition) is 3. The minimum Gasteiger partial charge on any atom is -0.493 e. The van der Waals surface area contributed by atoms with Gasteiger partial charge in [0.1, 0.15) is 5.75 Å². The number of rotatable bonds is 4. The maximum atomic E-state index is 12.2. The van der Waals surface area contributed by atoms with Crippen molar-refractivity contribution in [1.29, 1.82) is 0 Å². The summed E-state index contributed by atoms with van der Waals surface area (Å²) in [6.45, 7) is 2.20. The van der Waals surface area contributed by atoms with Crippen LogP contribution in [0, 0.1) is 0 Å². The lowest BCUT2D eigenvalue weighted by Gasteiger charge is -2.16. The van der Waals surface area contributed by atoms with Gasteiger partial charge >= 0.3 is 0 Å². The lowest BCUT2D eigenvalue weighted by atomic mass is 10.1. The van der Waals surface area contributed by atoms with Crippen LogP contribution in [0.1, 0.15) is 22.5 Å². The Morgan fingerprint density at radius 1 is 1.25 bits per heavy atom. The van der Waals surface area contributed by atoms with Crippen LogP contribution in [0.25, 0.3) is 0 Å². The molecule has 0 spiro atoms. The van der Waals surface area contributed by atoms with Crippen molar-refractivity contribution in [3.05, 3.63) is 53.9 Å². The zero-order valence-electron chi connectivity index (χ0n) is 11.3. The Kier molecular flexibility index (Phi) is 3.83. The van der Waals surface area contributed by atoms with Crippen molar-refractivity contribution in [1.82, 2.24) is 9.88 Å². The van der Waals surface area contributed by atoms with Crippen LogP contribution >= 0.6 is 0 Å². The SMILES string of the molecule is O=C(CCOc1ccccc1)n1ccc2c1CCNC2. The number of aromatic nitrogens is 1. The Balaban J connectivity index is 1.58. The average Bonchev–Trinajstić information content (AvgIpc) is 2.92. The fraction of sp³-hybridized carbons (Fsp3) is 0.312. The Morgan fingerprint density at radius 3 is 2.95 bits per heavy atom. The highest BCUT2D eigenvalue weighted by atomic mass is 16.5. The van der Waals surface area contributed by atoms with E-state index in [1.165, 1.54) is 5.56 Å². The molecule has 0 atom stereocenters. The summed E-state index contributed by atoms with van der Waals surface area (Å²) in [4.78, 5) is 12.2. The number of nitrogens with one attached hydrogen (secondary N) is 1. The first-order chi connectivity index (χ1) is 9.84. The molecule has 2 heterocycles. The van der Waals surface area contributed by atoms with Crippen molar-refractivity contribution >= 4 is 5.91 Å². The van der Waals surface area contributed by atoms with E-state index in [9.17, 15) is 4.79 Å². The van der Waals surface area contributed by atoms with Gasteiger partial charge in [-0.3, -0.25) is 9.36 Å². The van der Waals surface area contributed by atoms with E-state index in [1.54, 1.807) is 4.57 Å². The molecule has 2 aromatic rings. The largest absolute Gasteiger partial charge is 0.493 e. The molecule has 0 saturated carbocycles. The van der Waals surface area contributed by atoms with E-state index in [4.69, 9.17) is 4.74 Å². The molecular weight excluding hydrogens is 252 g/mol. The first kappa shape index (κ1) is 12.9. The van der Waals surface area contributed by atoms with Gasteiger partial charge in [-0.05, 0) is 23.8 Å². The number of nitrogens with zero attached hydrogens (tertiary/aromatic N) is 1. The molecule has 3 rings (SSSR count). The molecule has 4 heteroatoms. The van der Waals surface area contributed by atoms with Gasteiger partial charge in [-0.1, -0.05) is 18.2 Å². The summed E-state index contributed by atoms with van der Waals surface area (Å²) in [5.74, 6) is 0.906. The molecule has 0 fully saturated rings. The van der Waals surface area contributed by atoms with Gasteiger partial charge < -0.3 is 10.1 Å². The molecule has 1 aliphatic heterocycles. The molecule has 1 aromatic heterocycles. The third-order valence-corrected chi connectivity index (χ3v) is 3.54. The van der Waals surface area contributed by atoms with Gasteiger partial charge in [-0.15, -0.1) is 0 Å². The summed E-state index contributed by atoms with van der Waals surface area (Å²) in [5.41, 5.74) is 2.38. The normalized spacial score (nSPS) is 13.8. The Bertz CT molecular complexity index is 590. The highest BCUT2D eigenvalue weighted by Crippen LogP contribution is 2.16. The van der Waals surface area contributed by atoms with E-state index in [1.807, 2.05) is 42.6 Å². The molecule has 0 saturated heterocycles. The van der Waals surface area contributed by atoms with Gasteiger partial charge in [-0.25, -0.2) is 0 Å². The van der Waals surface area contributed by atoms with Crippen LogP contribution in [-0.4, -0.2) is 23.6 Å². The van der Waals surface area contributed by atoms with Crippen LogP contribution in [0.3, 0.4) is 0 Å². The first-order valence-electron chi connectivity index (χ1n) is 6.95. The van der Waals surface area contributed by atoms with Crippen molar-refractivity contribution in [3.63, 3.8) is 0 Å².